The summed E-state index contributed by atoms with van der Waals surface area (Å²) in [7, 11) is 1.80. The number of rotatable bonds is 10. The van der Waals surface area contributed by atoms with Crippen LogP contribution in [0, 0.1) is 18.3 Å². The Kier molecular flexibility index (Phi) is 8.40. The Hall–Kier alpha value is -2.56. The Balaban J connectivity index is 1.86. The summed E-state index contributed by atoms with van der Waals surface area (Å²) >= 11 is 0. The van der Waals surface area contributed by atoms with Crippen LogP contribution in [0.2, 0.25) is 0 Å². The first-order chi connectivity index (χ1) is 18.4. The van der Waals surface area contributed by atoms with Crippen LogP contribution in [0.25, 0.3) is 11.3 Å². The van der Waals surface area contributed by atoms with Gasteiger partial charge in [0, 0.05) is 41.0 Å². The van der Waals surface area contributed by atoms with Crippen LogP contribution >= 0.6 is 0 Å². The summed E-state index contributed by atoms with van der Waals surface area (Å²) in [5.74, 6) is 1.54. The summed E-state index contributed by atoms with van der Waals surface area (Å²) in [5.41, 5.74) is 6.02. The van der Waals surface area contributed by atoms with Gasteiger partial charge < -0.3 is 19.4 Å². The van der Waals surface area contributed by atoms with E-state index in [1.807, 2.05) is 13.8 Å². The minimum atomic E-state index is -0.595. The Morgan fingerprint density at radius 1 is 1.10 bits per heavy atom. The Morgan fingerprint density at radius 3 is 2.31 bits per heavy atom. The third-order valence-electron chi connectivity index (χ3n) is 9.30. The van der Waals surface area contributed by atoms with Gasteiger partial charge in [-0.15, -0.1) is 0 Å². The topological polar surface area (TPSA) is 60.3 Å². The van der Waals surface area contributed by atoms with Crippen LogP contribution in [0.3, 0.4) is 0 Å². The van der Waals surface area contributed by atoms with Crippen molar-refractivity contribution >= 4 is 12.2 Å². The van der Waals surface area contributed by atoms with E-state index in [0.29, 0.717) is 18.0 Å². The number of carbonyl (C=O) groups is 2. The van der Waals surface area contributed by atoms with Crippen molar-refractivity contribution in [3.63, 3.8) is 0 Å². The molecule has 0 radical (unpaired) electrons. The Labute approximate surface area is 236 Å². The average molecular weight is 535 g/mol. The molecule has 1 aromatic heterocycles. The van der Waals surface area contributed by atoms with Gasteiger partial charge in [-0.2, -0.15) is 0 Å². The summed E-state index contributed by atoms with van der Waals surface area (Å²) in [6, 6.07) is 6.75. The van der Waals surface area contributed by atoms with Gasteiger partial charge in [-0.1, -0.05) is 60.8 Å². The summed E-state index contributed by atoms with van der Waals surface area (Å²) in [6.45, 7) is 16.1. The zero-order valence-corrected chi connectivity index (χ0v) is 25.6. The third kappa shape index (κ3) is 6.12. The fourth-order valence-corrected chi connectivity index (χ4v) is 6.33. The number of hydrogen-bond acceptors (Lipinski definition) is 3. The first kappa shape index (κ1) is 29.4. The first-order valence-electron chi connectivity index (χ1n) is 15.0. The lowest BCUT2D eigenvalue weighted by molar-refractivity contribution is -0.114. The molecule has 4 rings (SSSR count). The van der Waals surface area contributed by atoms with Crippen molar-refractivity contribution in [3.8, 4) is 17.0 Å². The van der Waals surface area contributed by atoms with Crippen molar-refractivity contribution < 1.29 is 14.3 Å². The lowest BCUT2D eigenvalue weighted by atomic mass is 9.80. The normalized spacial score (nSPS) is 17.6. The average Bonchev–Trinajstić information content (AvgIpc) is 3.65. The molecule has 5 nitrogen and oxygen atoms in total. The monoisotopic (exact) mass is 534 g/mol. The molecular weight excluding hydrogens is 484 g/mol. The number of nitrogens with zero attached hydrogens (tertiary/aromatic N) is 1. The van der Waals surface area contributed by atoms with Crippen LogP contribution in [-0.4, -0.2) is 30.4 Å². The SMILES string of the molecule is CCC1(c2cc(-c3cc(C(=O)NCC(C)(C)C=O)c(C)n3CC3CCCCC3)cc(C(C)(C)C)c2OC)CC1. The first-order valence-corrected chi connectivity index (χ1v) is 15.0. The highest BCUT2D eigenvalue weighted by molar-refractivity contribution is 5.97. The van der Waals surface area contributed by atoms with Crippen molar-refractivity contribution in [2.75, 3.05) is 13.7 Å². The van der Waals surface area contributed by atoms with Crippen LogP contribution in [0.5, 0.6) is 5.75 Å². The van der Waals surface area contributed by atoms with Gasteiger partial charge in [0.2, 0.25) is 0 Å². The van der Waals surface area contributed by atoms with Gasteiger partial charge >= 0.3 is 0 Å². The molecule has 2 aromatic rings. The van der Waals surface area contributed by atoms with E-state index in [1.165, 1.54) is 61.6 Å². The second-order valence-corrected chi connectivity index (χ2v) is 13.9. The number of methoxy groups -OCH3 is 1. The molecule has 1 aromatic carbocycles. The van der Waals surface area contributed by atoms with Crippen molar-refractivity contribution in [1.82, 2.24) is 9.88 Å². The van der Waals surface area contributed by atoms with Gasteiger partial charge in [0.1, 0.15) is 12.0 Å². The van der Waals surface area contributed by atoms with E-state index in [2.05, 4.69) is 62.7 Å². The molecule has 5 heteroatoms. The summed E-state index contributed by atoms with van der Waals surface area (Å²) in [6.07, 6.45) is 10.8. The molecule has 0 spiro atoms. The molecule has 2 saturated carbocycles. The predicted octanol–water partition coefficient (Wildman–Crippen LogP) is 7.75. The molecule has 0 unspecified atom stereocenters. The minimum Gasteiger partial charge on any atom is -0.496 e. The maximum Gasteiger partial charge on any atom is 0.253 e. The number of aromatic nitrogens is 1. The molecule has 1 heterocycles. The smallest absolute Gasteiger partial charge is 0.253 e. The molecule has 2 fully saturated rings. The molecule has 0 aliphatic heterocycles. The summed E-state index contributed by atoms with van der Waals surface area (Å²) in [5, 5.41) is 3.03. The molecule has 0 saturated heterocycles. The minimum absolute atomic E-state index is 0.0869. The van der Waals surface area contributed by atoms with Crippen LogP contribution in [0.1, 0.15) is 120 Å². The summed E-state index contributed by atoms with van der Waals surface area (Å²) in [4.78, 5) is 24.9. The number of benzene rings is 1. The van der Waals surface area contributed by atoms with Gasteiger partial charge in [-0.05, 0) is 79.5 Å². The number of carbonyl (C=O) groups excluding carboxylic acids is 2. The van der Waals surface area contributed by atoms with Gasteiger partial charge in [0.15, 0.2) is 0 Å². The highest BCUT2D eigenvalue weighted by Crippen LogP contribution is 2.56. The third-order valence-corrected chi connectivity index (χ3v) is 9.30. The van der Waals surface area contributed by atoms with Crippen LogP contribution in [-0.2, 0) is 22.2 Å². The van der Waals surface area contributed by atoms with Crippen LogP contribution in [0.4, 0.5) is 0 Å². The van der Waals surface area contributed by atoms with E-state index in [0.717, 1.165) is 36.4 Å². The second kappa shape index (κ2) is 11.1. The fraction of sp³-hybridized carbons (Fsp3) is 0.647. The molecule has 1 amide bonds. The van der Waals surface area contributed by atoms with Crippen molar-refractivity contribution in [2.45, 2.75) is 117 Å². The maximum atomic E-state index is 13.5. The Bertz CT molecular complexity index is 1200. The van der Waals surface area contributed by atoms with Crippen molar-refractivity contribution in [1.29, 1.82) is 0 Å². The molecule has 39 heavy (non-hydrogen) atoms. The van der Waals surface area contributed by atoms with Crippen molar-refractivity contribution in [3.05, 3.63) is 40.6 Å². The number of aldehydes is 1. The summed E-state index contributed by atoms with van der Waals surface area (Å²) < 4.78 is 8.52. The highest BCUT2D eigenvalue weighted by Gasteiger charge is 2.45. The van der Waals surface area contributed by atoms with Gasteiger partial charge in [0.25, 0.3) is 5.91 Å². The number of hydrogen-bond donors (Lipinski definition) is 1. The van der Waals surface area contributed by atoms with E-state index in [1.54, 1.807) is 7.11 Å². The van der Waals surface area contributed by atoms with Gasteiger partial charge in [-0.25, -0.2) is 0 Å². The maximum absolute atomic E-state index is 13.5. The van der Waals surface area contributed by atoms with E-state index in [4.69, 9.17) is 4.74 Å². The molecule has 1 N–H and O–H groups in total. The number of nitrogens with one attached hydrogen (secondary N) is 1. The Morgan fingerprint density at radius 2 is 1.77 bits per heavy atom. The second-order valence-electron chi connectivity index (χ2n) is 13.9. The molecule has 0 bridgehead atoms. The van der Waals surface area contributed by atoms with E-state index in [9.17, 15) is 9.59 Å². The standard InChI is InChI=1S/C34H50N2O3/c1-9-34(15-16-34)28-18-25(17-27(30(28)39-8)32(3,4)5)29-19-26(31(38)35-21-33(6,7)22-37)23(2)36(29)20-24-13-11-10-12-14-24/h17-19,22,24H,9-16,20-21H2,1-8H3,(H,35,38). The highest BCUT2D eigenvalue weighted by atomic mass is 16.5. The van der Waals surface area contributed by atoms with E-state index in [-0.39, 0.29) is 16.7 Å². The van der Waals surface area contributed by atoms with Crippen LogP contribution < -0.4 is 10.1 Å². The molecule has 2 aliphatic carbocycles. The van der Waals surface area contributed by atoms with Crippen molar-refractivity contribution in [2.24, 2.45) is 11.3 Å². The van der Waals surface area contributed by atoms with E-state index < -0.39 is 5.41 Å². The quantitative estimate of drug-likeness (QED) is 0.317. The van der Waals surface area contributed by atoms with Gasteiger partial charge in [0.05, 0.1) is 12.7 Å². The lowest BCUT2D eigenvalue weighted by Gasteiger charge is -2.29. The molecule has 214 valence electrons. The largest absolute Gasteiger partial charge is 0.496 e. The zero-order valence-electron chi connectivity index (χ0n) is 25.6. The predicted molar refractivity (Wildman–Crippen MR) is 160 cm³/mol. The van der Waals surface area contributed by atoms with E-state index >= 15 is 0 Å². The molecule has 2 aliphatic rings. The number of amides is 1. The van der Waals surface area contributed by atoms with Gasteiger partial charge in [-0.3, -0.25) is 4.79 Å². The molecule has 0 atom stereocenters. The lowest BCUT2D eigenvalue weighted by Crippen LogP contribution is -2.35. The zero-order chi connectivity index (χ0) is 28.6. The van der Waals surface area contributed by atoms with Crippen LogP contribution in [0.15, 0.2) is 18.2 Å². The molecular formula is C34H50N2O3. The fourth-order valence-electron chi connectivity index (χ4n) is 6.33. The number of ether oxygens (including phenoxy) is 1.